The molecular formula is C20H17NO5S. The molecule has 2 N–H and O–H groups in total. The largest absolute Gasteiger partial charge is 0.508 e. The van der Waals surface area contributed by atoms with Crippen LogP contribution in [0, 0.1) is 0 Å². The molecule has 0 fully saturated rings. The molecule has 0 aromatic heterocycles. The summed E-state index contributed by atoms with van der Waals surface area (Å²) in [7, 11) is 2.80. The Morgan fingerprint density at radius 1 is 1.11 bits per heavy atom. The average Bonchev–Trinajstić information content (AvgIpc) is 2.96. The minimum absolute atomic E-state index is 0.00303. The molecular weight excluding hydrogens is 366 g/mol. The number of aliphatic imine (C=N–C) groups is 1. The highest BCUT2D eigenvalue weighted by Crippen LogP contribution is 2.40. The first-order chi connectivity index (χ1) is 13.0. The molecule has 1 heterocycles. The topological polar surface area (TPSA) is 88.4 Å². The fourth-order valence-electron chi connectivity index (χ4n) is 2.45. The highest BCUT2D eigenvalue weighted by Gasteiger charge is 2.33. The first-order valence-electron chi connectivity index (χ1n) is 7.95. The highest BCUT2D eigenvalue weighted by molar-refractivity contribution is 8.18. The summed E-state index contributed by atoms with van der Waals surface area (Å²) >= 11 is 1.14. The van der Waals surface area contributed by atoms with Gasteiger partial charge in [-0.25, -0.2) is 9.79 Å². The number of hydrogen-bond acceptors (Lipinski definition) is 7. The van der Waals surface area contributed by atoms with Crippen LogP contribution in [0.4, 0.5) is 5.69 Å². The van der Waals surface area contributed by atoms with Crippen LogP contribution in [-0.2, 0) is 9.53 Å². The summed E-state index contributed by atoms with van der Waals surface area (Å²) in [6, 6.07) is 13.6. The van der Waals surface area contributed by atoms with Gasteiger partial charge in [0, 0.05) is 6.07 Å². The zero-order valence-electron chi connectivity index (χ0n) is 14.7. The number of phenols is 1. The lowest BCUT2D eigenvalue weighted by molar-refractivity contribution is -0.135. The monoisotopic (exact) mass is 383 g/mol. The third kappa shape index (κ3) is 4.15. The molecule has 0 aliphatic carbocycles. The van der Waals surface area contributed by atoms with E-state index in [1.165, 1.54) is 7.11 Å². The summed E-state index contributed by atoms with van der Waals surface area (Å²) < 4.78 is 9.98. The van der Waals surface area contributed by atoms with Gasteiger partial charge in [-0.05, 0) is 35.9 Å². The molecule has 0 bridgehead atoms. The highest BCUT2D eigenvalue weighted by atomic mass is 32.2. The number of phenolic OH excluding ortho intramolecular Hbond substituents is 1. The van der Waals surface area contributed by atoms with E-state index in [1.807, 2.05) is 0 Å². The van der Waals surface area contributed by atoms with Crippen molar-refractivity contribution in [2.24, 2.45) is 4.99 Å². The van der Waals surface area contributed by atoms with Gasteiger partial charge in [0.25, 0.3) is 0 Å². The van der Waals surface area contributed by atoms with E-state index < -0.39 is 5.97 Å². The molecule has 3 rings (SSSR count). The fraction of sp³-hybridized carbons (Fsp3) is 0.100. The van der Waals surface area contributed by atoms with Crippen molar-refractivity contribution in [1.29, 1.82) is 0 Å². The van der Waals surface area contributed by atoms with E-state index in [-0.39, 0.29) is 17.1 Å². The van der Waals surface area contributed by atoms with Gasteiger partial charge < -0.3 is 19.7 Å². The Labute approximate surface area is 160 Å². The molecule has 138 valence electrons. The summed E-state index contributed by atoms with van der Waals surface area (Å²) in [6.45, 7) is 0. The number of esters is 1. The van der Waals surface area contributed by atoms with Crippen molar-refractivity contribution >= 4 is 34.5 Å². The van der Waals surface area contributed by atoms with Crippen LogP contribution in [0.3, 0.4) is 0 Å². The van der Waals surface area contributed by atoms with Crippen molar-refractivity contribution in [3.63, 3.8) is 0 Å². The number of aromatic hydroxyl groups is 1. The molecule has 0 saturated carbocycles. The van der Waals surface area contributed by atoms with Crippen LogP contribution in [-0.4, -0.2) is 35.4 Å². The lowest BCUT2D eigenvalue weighted by Gasteiger charge is -2.03. The van der Waals surface area contributed by atoms with Gasteiger partial charge in [0.2, 0.25) is 0 Å². The number of rotatable bonds is 4. The first-order valence-corrected chi connectivity index (χ1v) is 8.77. The predicted molar refractivity (Wildman–Crippen MR) is 105 cm³/mol. The van der Waals surface area contributed by atoms with Crippen molar-refractivity contribution in [3.05, 3.63) is 70.3 Å². The average molecular weight is 383 g/mol. The maximum Gasteiger partial charge on any atom is 0.344 e. The van der Waals surface area contributed by atoms with Crippen LogP contribution in [0.1, 0.15) is 5.56 Å². The van der Waals surface area contributed by atoms with Crippen molar-refractivity contribution in [1.82, 2.24) is 0 Å². The molecule has 0 atom stereocenters. The smallest absolute Gasteiger partial charge is 0.344 e. The Balaban J connectivity index is 2.04. The summed E-state index contributed by atoms with van der Waals surface area (Å²) in [5.74, 6) is -0.157. The molecule has 27 heavy (non-hydrogen) atoms. The lowest BCUT2D eigenvalue weighted by atomic mass is 10.1. The van der Waals surface area contributed by atoms with Crippen molar-refractivity contribution in [2.45, 2.75) is 0 Å². The van der Waals surface area contributed by atoms with Gasteiger partial charge in [-0.3, -0.25) is 0 Å². The second kappa shape index (κ2) is 8.01. The Bertz CT molecular complexity index is 978. The van der Waals surface area contributed by atoms with Gasteiger partial charge >= 0.3 is 5.97 Å². The zero-order chi connectivity index (χ0) is 19.4. The van der Waals surface area contributed by atoms with Crippen LogP contribution in [0.15, 0.2) is 69.8 Å². The van der Waals surface area contributed by atoms with Gasteiger partial charge in [-0.1, -0.05) is 30.0 Å². The van der Waals surface area contributed by atoms with Crippen molar-refractivity contribution in [3.8, 4) is 11.5 Å². The van der Waals surface area contributed by atoms with Crippen molar-refractivity contribution < 1.29 is 24.5 Å². The lowest BCUT2D eigenvalue weighted by Crippen LogP contribution is -2.10. The Morgan fingerprint density at radius 3 is 2.59 bits per heavy atom. The summed E-state index contributed by atoms with van der Waals surface area (Å²) in [5.41, 5.74) is 1.25. The summed E-state index contributed by atoms with van der Waals surface area (Å²) in [6.07, 6.45) is 1.66. The Morgan fingerprint density at radius 2 is 1.89 bits per heavy atom. The number of hydrogen-bond donors (Lipinski definition) is 2. The zero-order valence-corrected chi connectivity index (χ0v) is 15.5. The van der Waals surface area contributed by atoms with Crippen LogP contribution < -0.4 is 4.74 Å². The van der Waals surface area contributed by atoms with Crippen LogP contribution in [0.2, 0.25) is 0 Å². The molecule has 0 unspecified atom stereocenters. The number of aliphatic hydroxyl groups excluding tert-OH is 1. The quantitative estimate of drug-likeness (QED) is 0.769. The molecule has 6 nitrogen and oxygen atoms in total. The van der Waals surface area contributed by atoms with Gasteiger partial charge in [0.05, 0.1) is 24.8 Å². The minimum Gasteiger partial charge on any atom is -0.508 e. The van der Waals surface area contributed by atoms with E-state index in [9.17, 15) is 15.0 Å². The molecule has 0 amide bonds. The SMILES string of the molecule is COC(=O)C1=C(O)/C(=C\c2cccc(O)c2)SC1=Nc1cccc(OC)c1. The van der Waals surface area contributed by atoms with Gasteiger partial charge in [0.1, 0.15) is 27.9 Å². The van der Waals surface area contributed by atoms with E-state index >= 15 is 0 Å². The summed E-state index contributed by atoms with van der Waals surface area (Å²) in [5, 5.41) is 20.5. The molecule has 1 aliphatic rings. The van der Waals surface area contributed by atoms with E-state index in [0.29, 0.717) is 26.9 Å². The van der Waals surface area contributed by atoms with Gasteiger partial charge in [-0.15, -0.1) is 0 Å². The van der Waals surface area contributed by atoms with Crippen molar-refractivity contribution in [2.75, 3.05) is 14.2 Å². The Kier molecular flexibility index (Phi) is 5.52. The maximum atomic E-state index is 12.2. The van der Waals surface area contributed by atoms with E-state index in [1.54, 1.807) is 61.7 Å². The maximum absolute atomic E-state index is 12.2. The molecule has 0 saturated heterocycles. The molecule has 0 radical (unpaired) electrons. The standard InChI is InChI=1S/C20H17NO5S/c1-25-15-8-4-6-13(11-15)21-19-17(20(24)26-2)18(23)16(27-19)10-12-5-3-7-14(22)9-12/h3-11,22-23H,1-2H3/b16-10+,21-19?. The minimum atomic E-state index is -0.680. The molecule has 1 aliphatic heterocycles. The molecule has 2 aromatic carbocycles. The van der Waals surface area contributed by atoms with Crippen LogP contribution >= 0.6 is 11.8 Å². The molecule has 2 aromatic rings. The fourth-order valence-corrected chi connectivity index (χ4v) is 3.49. The molecule has 7 heteroatoms. The van der Waals surface area contributed by atoms with E-state index in [0.717, 1.165) is 11.8 Å². The number of thioether (sulfide) groups is 1. The number of benzene rings is 2. The second-order valence-corrected chi connectivity index (χ2v) is 6.57. The Hall–Kier alpha value is -3.19. The number of nitrogens with zero attached hydrogens (tertiary/aromatic N) is 1. The third-order valence-corrected chi connectivity index (χ3v) is 4.75. The van der Waals surface area contributed by atoms with E-state index in [2.05, 4.69) is 4.99 Å². The number of methoxy groups -OCH3 is 2. The van der Waals surface area contributed by atoms with Crippen LogP contribution in [0.5, 0.6) is 11.5 Å². The van der Waals surface area contributed by atoms with Crippen LogP contribution in [0.25, 0.3) is 6.08 Å². The predicted octanol–water partition coefficient (Wildman–Crippen LogP) is 4.20. The number of carbonyl (C=O) groups excluding carboxylic acids is 1. The number of ether oxygens (including phenoxy) is 2. The summed E-state index contributed by atoms with van der Waals surface area (Å²) in [4.78, 5) is 17.1. The van der Waals surface area contributed by atoms with E-state index in [4.69, 9.17) is 9.47 Å². The van der Waals surface area contributed by atoms with Gasteiger partial charge in [0.15, 0.2) is 0 Å². The number of carbonyl (C=O) groups is 1. The van der Waals surface area contributed by atoms with Gasteiger partial charge in [-0.2, -0.15) is 0 Å². The second-order valence-electron chi connectivity index (χ2n) is 5.54. The third-order valence-electron chi connectivity index (χ3n) is 3.73. The molecule has 0 spiro atoms. The normalized spacial score (nSPS) is 16.8. The number of aliphatic hydroxyl groups is 1. The first kappa shape index (κ1) is 18.6.